The van der Waals surface area contributed by atoms with Crippen molar-refractivity contribution in [3.8, 4) is 0 Å². The fourth-order valence-corrected chi connectivity index (χ4v) is 2.97. The van der Waals surface area contributed by atoms with Gasteiger partial charge in [-0.05, 0) is 49.6 Å². The van der Waals surface area contributed by atoms with E-state index in [1.165, 1.54) is 25.7 Å². The highest BCUT2D eigenvalue weighted by molar-refractivity contribution is 6.31. The number of anilines is 2. The molecule has 0 bridgehead atoms. The Kier molecular flexibility index (Phi) is 4.82. The van der Waals surface area contributed by atoms with Crippen molar-refractivity contribution in [3.63, 3.8) is 0 Å². The first kappa shape index (κ1) is 15.8. The van der Waals surface area contributed by atoms with Crippen LogP contribution in [0.2, 0.25) is 5.02 Å². The maximum atomic E-state index is 12.2. The first-order valence-corrected chi connectivity index (χ1v) is 8.30. The summed E-state index contributed by atoms with van der Waals surface area (Å²) in [6, 6.07) is 9.62. The molecular formula is C18H20ClN3O. The van der Waals surface area contributed by atoms with Crippen molar-refractivity contribution in [2.24, 2.45) is 0 Å². The number of rotatable bonds is 4. The molecule has 1 aliphatic rings. The molecule has 1 amide bonds. The summed E-state index contributed by atoms with van der Waals surface area (Å²) in [4.78, 5) is 16.5. The predicted octanol–water partition coefficient (Wildman–Crippen LogP) is 4.65. The number of benzene rings is 1. The minimum atomic E-state index is -0.239. The van der Waals surface area contributed by atoms with Crippen LogP contribution in [0.1, 0.15) is 41.7 Å². The maximum absolute atomic E-state index is 12.2. The van der Waals surface area contributed by atoms with Gasteiger partial charge in [-0.25, -0.2) is 4.98 Å². The molecule has 3 rings (SSSR count). The zero-order valence-electron chi connectivity index (χ0n) is 13.1. The first-order valence-electron chi connectivity index (χ1n) is 7.92. The fraction of sp³-hybridized carbons (Fsp3) is 0.333. The molecule has 0 aliphatic heterocycles. The molecule has 0 atom stereocenters. The maximum Gasteiger partial charge on any atom is 0.274 e. The van der Waals surface area contributed by atoms with E-state index in [0.29, 0.717) is 22.4 Å². The normalized spacial score (nSPS) is 14.7. The van der Waals surface area contributed by atoms with Gasteiger partial charge in [0.25, 0.3) is 5.91 Å². The van der Waals surface area contributed by atoms with Crippen molar-refractivity contribution in [1.82, 2.24) is 4.98 Å². The Hall–Kier alpha value is -2.07. The molecule has 5 heteroatoms. The highest BCUT2D eigenvalue weighted by Crippen LogP contribution is 2.22. The average molecular weight is 330 g/mol. The molecule has 2 aromatic rings. The molecular weight excluding hydrogens is 310 g/mol. The standard InChI is InChI=1S/C18H20ClN3O/c1-12-6-7-14(10-16(12)19)22-18(23)17-9-8-15(11-20-17)21-13-4-2-3-5-13/h6-11,13,21H,2-5H2,1H3,(H,22,23). The van der Waals surface area contributed by atoms with Gasteiger partial charge < -0.3 is 10.6 Å². The Bertz CT molecular complexity index is 694. The van der Waals surface area contributed by atoms with Crippen molar-refractivity contribution in [1.29, 1.82) is 0 Å². The number of amides is 1. The van der Waals surface area contributed by atoms with Crippen molar-refractivity contribution >= 4 is 28.9 Å². The lowest BCUT2D eigenvalue weighted by Gasteiger charge is -2.13. The van der Waals surface area contributed by atoms with E-state index in [4.69, 9.17) is 11.6 Å². The van der Waals surface area contributed by atoms with Crippen LogP contribution in [0.3, 0.4) is 0 Å². The number of nitrogens with one attached hydrogen (secondary N) is 2. The summed E-state index contributed by atoms with van der Waals surface area (Å²) in [5, 5.41) is 6.90. The number of carbonyl (C=O) groups is 1. The Morgan fingerprint density at radius 3 is 2.57 bits per heavy atom. The van der Waals surface area contributed by atoms with Gasteiger partial charge in [-0.15, -0.1) is 0 Å². The molecule has 4 nitrogen and oxygen atoms in total. The average Bonchev–Trinajstić information content (AvgIpc) is 3.04. The van der Waals surface area contributed by atoms with Crippen LogP contribution >= 0.6 is 11.6 Å². The van der Waals surface area contributed by atoms with E-state index < -0.39 is 0 Å². The number of hydrogen-bond donors (Lipinski definition) is 2. The Morgan fingerprint density at radius 2 is 1.91 bits per heavy atom. The third kappa shape index (κ3) is 4.02. The lowest BCUT2D eigenvalue weighted by Crippen LogP contribution is -2.16. The molecule has 1 fully saturated rings. The summed E-state index contributed by atoms with van der Waals surface area (Å²) >= 11 is 6.07. The number of nitrogens with zero attached hydrogens (tertiary/aromatic N) is 1. The van der Waals surface area contributed by atoms with Crippen LogP contribution in [0, 0.1) is 6.92 Å². The molecule has 1 aliphatic carbocycles. The summed E-state index contributed by atoms with van der Waals surface area (Å²) in [7, 11) is 0. The zero-order chi connectivity index (χ0) is 16.2. The van der Waals surface area contributed by atoms with E-state index >= 15 is 0 Å². The van der Waals surface area contributed by atoms with E-state index in [9.17, 15) is 4.79 Å². The monoisotopic (exact) mass is 329 g/mol. The molecule has 23 heavy (non-hydrogen) atoms. The fourth-order valence-electron chi connectivity index (χ4n) is 2.79. The molecule has 2 N–H and O–H groups in total. The number of halogens is 1. The summed E-state index contributed by atoms with van der Waals surface area (Å²) in [5.74, 6) is -0.239. The van der Waals surface area contributed by atoms with Gasteiger partial charge in [0, 0.05) is 16.8 Å². The molecule has 1 heterocycles. The summed E-state index contributed by atoms with van der Waals surface area (Å²) in [6.45, 7) is 1.92. The van der Waals surface area contributed by atoms with Gasteiger partial charge in [-0.3, -0.25) is 4.79 Å². The van der Waals surface area contributed by atoms with Crippen LogP contribution in [0.4, 0.5) is 11.4 Å². The van der Waals surface area contributed by atoms with E-state index in [1.807, 2.05) is 25.1 Å². The molecule has 0 saturated heterocycles. The molecule has 120 valence electrons. The number of pyridine rings is 1. The summed E-state index contributed by atoms with van der Waals surface area (Å²) in [6.07, 6.45) is 6.69. The van der Waals surface area contributed by atoms with E-state index in [0.717, 1.165) is 11.3 Å². The highest BCUT2D eigenvalue weighted by atomic mass is 35.5. The van der Waals surface area contributed by atoms with Gasteiger partial charge in [-0.1, -0.05) is 30.5 Å². The second-order valence-electron chi connectivity index (χ2n) is 5.98. The molecule has 0 radical (unpaired) electrons. The minimum Gasteiger partial charge on any atom is -0.381 e. The van der Waals surface area contributed by atoms with Gasteiger partial charge in [-0.2, -0.15) is 0 Å². The molecule has 1 saturated carbocycles. The number of aryl methyl sites for hydroxylation is 1. The predicted molar refractivity (Wildman–Crippen MR) is 94.3 cm³/mol. The summed E-state index contributed by atoms with van der Waals surface area (Å²) < 4.78 is 0. The van der Waals surface area contributed by atoms with Crippen LogP contribution < -0.4 is 10.6 Å². The topological polar surface area (TPSA) is 54.0 Å². The van der Waals surface area contributed by atoms with Crippen molar-refractivity contribution in [2.75, 3.05) is 10.6 Å². The minimum absolute atomic E-state index is 0.239. The third-order valence-electron chi connectivity index (χ3n) is 4.15. The first-order chi connectivity index (χ1) is 11.1. The van der Waals surface area contributed by atoms with Crippen LogP contribution in [-0.2, 0) is 0 Å². The second-order valence-corrected chi connectivity index (χ2v) is 6.38. The number of aromatic nitrogens is 1. The Morgan fingerprint density at radius 1 is 1.17 bits per heavy atom. The molecule has 1 aromatic carbocycles. The van der Waals surface area contributed by atoms with Gasteiger partial charge in [0.1, 0.15) is 5.69 Å². The van der Waals surface area contributed by atoms with E-state index in [1.54, 1.807) is 18.3 Å². The Labute approximate surface area is 141 Å². The van der Waals surface area contributed by atoms with Crippen LogP contribution in [0.15, 0.2) is 36.5 Å². The third-order valence-corrected chi connectivity index (χ3v) is 4.56. The lowest BCUT2D eigenvalue weighted by atomic mass is 10.2. The van der Waals surface area contributed by atoms with E-state index in [-0.39, 0.29) is 5.91 Å². The van der Waals surface area contributed by atoms with Crippen molar-refractivity contribution < 1.29 is 4.79 Å². The zero-order valence-corrected chi connectivity index (χ0v) is 13.9. The number of carbonyl (C=O) groups excluding carboxylic acids is 1. The largest absolute Gasteiger partial charge is 0.381 e. The van der Waals surface area contributed by atoms with Crippen LogP contribution in [-0.4, -0.2) is 16.9 Å². The van der Waals surface area contributed by atoms with Crippen molar-refractivity contribution in [3.05, 3.63) is 52.8 Å². The molecule has 1 aromatic heterocycles. The quantitative estimate of drug-likeness (QED) is 0.858. The van der Waals surface area contributed by atoms with Crippen LogP contribution in [0.5, 0.6) is 0 Å². The van der Waals surface area contributed by atoms with Gasteiger partial charge in [0.2, 0.25) is 0 Å². The summed E-state index contributed by atoms with van der Waals surface area (Å²) in [5.41, 5.74) is 3.00. The van der Waals surface area contributed by atoms with Crippen molar-refractivity contribution in [2.45, 2.75) is 38.6 Å². The Balaban J connectivity index is 1.63. The van der Waals surface area contributed by atoms with Gasteiger partial charge in [0.05, 0.1) is 11.9 Å². The van der Waals surface area contributed by atoms with Crippen LogP contribution in [0.25, 0.3) is 0 Å². The number of hydrogen-bond acceptors (Lipinski definition) is 3. The lowest BCUT2D eigenvalue weighted by molar-refractivity contribution is 0.102. The second kappa shape index (κ2) is 7.01. The highest BCUT2D eigenvalue weighted by Gasteiger charge is 2.15. The van der Waals surface area contributed by atoms with E-state index in [2.05, 4.69) is 15.6 Å². The van der Waals surface area contributed by atoms with Gasteiger partial charge >= 0.3 is 0 Å². The SMILES string of the molecule is Cc1ccc(NC(=O)c2ccc(NC3CCCC3)cn2)cc1Cl. The molecule has 0 unspecified atom stereocenters. The van der Waals surface area contributed by atoms with Gasteiger partial charge in [0.15, 0.2) is 0 Å². The molecule has 0 spiro atoms. The smallest absolute Gasteiger partial charge is 0.274 e.